The number of aryl methyl sites for hydroxylation is 1. The first-order valence-electron chi connectivity index (χ1n) is 24.8. The van der Waals surface area contributed by atoms with Crippen molar-refractivity contribution in [2.75, 3.05) is 0 Å². The summed E-state index contributed by atoms with van der Waals surface area (Å²) in [6, 6.07) is 85.6. The van der Waals surface area contributed by atoms with E-state index in [1.807, 2.05) is 36.4 Å². The Balaban J connectivity index is 0.914. The van der Waals surface area contributed by atoms with Crippen LogP contribution in [0.1, 0.15) is 11.3 Å². The average Bonchev–Trinajstić information content (AvgIpc) is 3.98. The zero-order chi connectivity index (χ0) is 47.3. The molecule has 336 valence electrons. The predicted molar refractivity (Wildman–Crippen MR) is 298 cm³/mol. The van der Waals surface area contributed by atoms with Crippen molar-refractivity contribution in [1.82, 2.24) is 24.1 Å². The summed E-state index contributed by atoms with van der Waals surface area (Å²) in [5.74, 6) is 1.95. The molecule has 1 aliphatic carbocycles. The van der Waals surface area contributed by atoms with Crippen LogP contribution in [-0.2, 0) is 12.8 Å². The third kappa shape index (κ3) is 6.30. The standard InChI is InChI=1S/C67H43N5/c1-4-17-43(18-5-1)65-68-66(44-19-6-2-7-20-44)70-67(69-65)47-28-33-54-56(40-47)52-25-13-12-24-51(52)53-34-32-49(41-57(53)54)72-62-36-31-46(39-59(62)64-50-23-11-10-16-42(50)29-37-63(64)72)45-30-35-61-58(38-45)55-26-14-15-27-60(55)71(61)48-21-8-3-9-22-48/h1-28,30-36,38-41H,29,37H2. The van der Waals surface area contributed by atoms with Crippen LogP contribution in [0, 0.1) is 0 Å². The lowest BCUT2D eigenvalue weighted by atomic mass is 9.87. The number of hydrogen-bond acceptors (Lipinski definition) is 3. The second-order valence-electron chi connectivity index (χ2n) is 19.0. The van der Waals surface area contributed by atoms with Gasteiger partial charge in [0, 0.05) is 55.5 Å². The normalized spacial score (nSPS) is 12.3. The van der Waals surface area contributed by atoms with Gasteiger partial charge < -0.3 is 9.13 Å². The Kier molecular flexibility index (Phi) is 9.02. The monoisotopic (exact) mass is 917 g/mol. The van der Waals surface area contributed by atoms with Crippen molar-refractivity contribution in [3.8, 4) is 67.8 Å². The molecule has 14 aromatic rings. The van der Waals surface area contributed by atoms with Crippen molar-refractivity contribution >= 4 is 65.0 Å². The van der Waals surface area contributed by atoms with Gasteiger partial charge in [-0.25, -0.2) is 15.0 Å². The van der Waals surface area contributed by atoms with E-state index < -0.39 is 0 Å². The molecule has 0 radical (unpaired) electrons. The Bertz CT molecular complexity index is 4430. The Labute approximate surface area is 415 Å². The molecule has 3 aromatic heterocycles. The van der Waals surface area contributed by atoms with Crippen molar-refractivity contribution in [3.63, 3.8) is 0 Å². The molecule has 3 heterocycles. The summed E-state index contributed by atoms with van der Waals surface area (Å²) in [6.07, 6.45) is 1.94. The third-order valence-electron chi connectivity index (χ3n) is 15.0. The van der Waals surface area contributed by atoms with Crippen LogP contribution in [0.4, 0.5) is 0 Å². The molecular weight excluding hydrogens is 875 g/mol. The van der Waals surface area contributed by atoms with Crippen molar-refractivity contribution < 1.29 is 0 Å². The Morgan fingerprint density at radius 2 is 0.764 bits per heavy atom. The summed E-state index contributed by atoms with van der Waals surface area (Å²) < 4.78 is 4.94. The number of fused-ring (bicyclic) bond motifs is 14. The van der Waals surface area contributed by atoms with Crippen molar-refractivity contribution in [2.45, 2.75) is 12.8 Å². The fourth-order valence-electron chi connectivity index (χ4n) is 11.8. The van der Waals surface area contributed by atoms with Crippen LogP contribution in [0.5, 0.6) is 0 Å². The van der Waals surface area contributed by atoms with Gasteiger partial charge in [0.05, 0.1) is 16.6 Å². The second-order valence-corrected chi connectivity index (χ2v) is 19.0. The van der Waals surface area contributed by atoms with Crippen LogP contribution in [-0.4, -0.2) is 24.1 Å². The Hall–Kier alpha value is -9.45. The molecule has 0 N–H and O–H groups in total. The third-order valence-corrected chi connectivity index (χ3v) is 15.0. The molecule has 11 aromatic carbocycles. The minimum Gasteiger partial charge on any atom is -0.313 e. The molecule has 1 aliphatic rings. The van der Waals surface area contributed by atoms with Crippen LogP contribution in [0.2, 0.25) is 0 Å². The summed E-state index contributed by atoms with van der Waals surface area (Å²) in [6.45, 7) is 0. The molecule has 0 spiro atoms. The lowest BCUT2D eigenvalue weighted by Crippen LogP contribution is -2.08. The van der Waals surface area contributed by atoms with Crippen LogP contribution < -0.4 is 0 Å². The van der Waals surface area contributed by atoms with Gasteiger partial charge >= 0.3 is 0 Å². The Morgan fingerprint density at radius 3 is 1.49 bits per heavy atom. The molecule has 0 amide bonds. The van der Waals surface area contributed by atoms with Crippen LogP contribution >= 0.6 is 0 Å². The van der Waals surface area contributed by atoms with E-state index in [2.05, 4.69) is 209 Å². The highest BCUT2D eigenvalue weighted by molar-refractivity contribution is 6.26. The molecule has 15 rings (SSSR count). The molecule has 5 nitrogen and oxygen atoms in total. The van der Waals surface area contributed by atoms with Crippen molar-refractivity contribution in [2.24, 2.45) is 0 Å². The maximum Gasteiger partial charge on any atom is 0.164 e. The molecule has 0 saturated carbocycles. The van der Waals surface area contributed by atoms with Gasteiger partial charge in [-0.3, -0.25) is 0 Å². The quantitative estimate of drug-likeness (QED) is 0.156. The summed E-state index contributed by atoms with van der Waals surface area (Å²) in [5.41, 5.74) is 16.6. The number of aromatic nitrogens is 5. The van der Waals surface area contributed by atoms with E-state index in [1.165, 1.54) is 98.8 Å². The average molecular weight is 918 g/mol. The van der Waals surface area contributed by atoms with E-state index in [0.717, 1.165) is 40.6 Å². The zero-order valence-electron chi connectivity index (χ0n) is 39.2. The van der Waals surface area contributed by atoms with Gasteiger partial charge in [-0.15, -0.1) is 0 Å². The lowest BCUT2D eigenvalue weighted by Gasteiger charge is -2.20. The second kappa shape index (κ2) is 16.1. The number of nitrogens with zero attached hydrogens (tertiary/aromatic N) is 5. The van der Waals surface area contributed by atoms with Gasteiger partial charge in [0.1, 0.15) is 0 Å². The minimum atomic E-state index is 0.645. The van der Waals surface area contributed by atoms with Crippen molar-refractivity contribution in [1.29, 1.82) is 0 Å². The number of benzene rings is 11. The fraction of sp³-hybridized carbons (Fsp3) is 0.0299. The smallest absolute Gasteiger partial charge is 0.164 e. The lowest BCUT2D eigenvalue weighted by molar-refractivity contribution is 0.866. The van der Waals surface area contributed by atoms with E-state index in [1.54, 1.807) is 0 Å². The van der Waals surface area contributed by atoms with Crippen LogP contribution in [0.3, 0.4) is 0 Å². The van der Waals surface area contributed by atoms with Crippen molar-refractivity contribution in [3.05, 3.63) is 248 Å². The van der Waals surface area contributed by atoms with Crippen LogP contribution in [0.25, 0.3) is 133 Å². The first kappa shape index (κ1) is 40.4. The first-order valence-corrected chi connectivity index (χ1v) is 24.8. The molecule has 0 unspecified atom stereocenters. The zero-order valence-corrected chi connectivity index (χ0v) is 39.2. The van der Waals surface area contributed by atoms with Gasteiger partial charge in [0.25, 0.3) is 0 Å². The number of hydrogen-bond donors (Lipinski definition) is 0. The molecule has 5 heteroatoms. The maximum atomic E-state index is 5.12. The molecule has 0 atom stereocenters. The number of rotatable bonds is 6. The summed E-state index contributed by atoms with van der Waals surface area (Å²) in [4.78, 5) is 15.2. The van der Waals surface area contributed by atoms with Gasteiger partial charge in [0.15, 0.2) is 17.5 Å². The van der Waals surface area contributed by atoms with Gasteiger partial charge in [-0.1, -0.05) is 176 Å². The summed E-state index contributed by atoms with van der Waals surface area (Å²) >= 11 is 0. The molecule has 0 saturated heterocycles. The molecule has 0 aliphatic heterocycles. The highest BCUT2D eigenvalue weighted by atomic mass is 15.0. The summed E-state index contributed by atoms with van der Waals surface area (Å²) in [5, 5.41) is 11.0. The fourth-order valence-corrected chi connectivity index (χ4v) is 11.8. The van der Waals surface area contributed by atoms with Gasteiger partial charge in [-0.2, -0.15) is 0 Å². The Morgan fingerprint density at radius 1 is 0.278 bits per heavy atom. The minimum absolute atomic E-state index is 0.645. The molecule has 0 bridgehead atoms. The topological polar surface area (TPSA) is 48.5 Å². The van der Waals surface area contributed by atoms with E-state index in [0.29, 0.717) is 17.5 Å². The maximum absolute atomic E-state index is 5.12. The van der Waals surface area contributed by atoms with Gasteiger partial charge in [0.2, 0.25) is 0 Å². The molecule has 72 heavy (non-hydrogen) atoms. The van der Waals surface area contributed by atoms with E-state index in [9.17, 15) is 0 Å². The van der Waals surface area contributed by atoms with Gasteiger partial charge in [-0.05, 0) is 128 Å². The van der Waals surface area contributed by atoms with E-state index >= 15 is 0 Å². The molecule has 0 fully saturated rings. The summed E-state index contributed by atoms with van der Waals surface area (Å²) in [7, 11) is 0. The number of para-hydroxylation sites is 2. The SMILES string of the molecule is c1ccc(-c2nc(-c3ccccc3)nc(-c3ccc4c(c3)c3ccccc3c3ccc(-n5c6c(c7cc(-c8ccc9c(c8)c8ccccc8n9-c8ccccc8)ccc75)-c5ccccc5CC6)cc34)n2)cc1. The molecular formula is C67H43N5. The predicted octanol–water partition coefficient (Wildman–Crippen LogP) is 16.8. The first-order chi connectivity index (χ1) is 35.7. The van der Waals surface area contributed by atoms with Crippen LogP contribution in [0.15, 0.2) is 237 Å². The van der Waals surface area contributed by atoms with E-state index in [4.69, 9.17) is 15.0 Å². The van der Waals surface area contributed by atoms with E-state index in [-0.39, 0.29) is 0 Å². The highest BCUT2D eigenvalue weighted by Crippen LogP contribution is 2.46. The highest BCUT2D eigenvalue weighted by Gasteiger charge is 2.26. The largest absolute Gasteiger partial charge is 0.313 e.